The number of nitro groups is 1. The Balaban J connectivity index is 0.000000422. The molecule has 12 nitrogen and oxygen atoms in total. The third kappa shape index (κ3) is 9.38. The lowest BCUT2D eigenvalue weighted by atomic mass is 9.86. The van der Waals surface area contributed by atoms with Crippen molar-refractivity contribution >= 4 is 35.3 Å². The van der Waals surface area contributed by atoms with E-state index < -0.39 is 52.5 Å². The molecule has 0 bridgehead atoms. The van der Waals surface area contributed by atoms with Gasteiger partial charge in [0.15, 0.2) is 11.8 Å². The highest BCUT2D eigenvalue weighted by molar-refractivity contribution is 5.97. The van der Waals surface area contributed by atoms with Gasteiger partial charge in [-0.25, -0.2) is 0 Å². The number of ether oxygens (including phenoxy) is 4. The van der Waals surface area contributed by atoms with Crippen LogP contribution in [0.3, 0.4) is 0 Å². The molecule has 2 N–H and O–H groups in total. The first-order chi connectivity index (χ1) is 20.0. The minimum Gasteiger partial charge on any atom is -0.468 e. The second kappa shape index (κ2) is 17.4. The molecule has 2 atom stereocenters. The highest BCUT2D eigenvalue weighted by Gasteiger charge is 2.38. The Morgan fingerprint density at radius 3 is 1.24 bits per heavy atom. The first-order valence-corrected chi connectivity index (χ1v) is 12.3. The van der Waals surface area contributed by atoms with Crippen molar-refractivity contribution in [3.63, 3.8) is 0 Å². The molecule has 2 unspecified atom stereocenters. The van der Waals surface area contributed by atoms with Crippen LogP contribution in [0.4, 0.5) is 11.4 Å². The molecule has 2 rings (SSSR count). The summed E-state index contributed by atoms with van der Waals surface area (Å²) in [5.74, 6) is 4.22. The van der Waals surface area contributed by atoms with Crippen molar-refractivity contribution in [2.45, 2.75) is 25.7 Å². The molecule has 0 radical (unpaired) electrons. The van der Waals surface area contributed by atoms with Crippen LogP contribution in [0.25, 0.3) is 0 Å². The van der Waals surface area contributed by atoms with Crippen molar-refractivity contribution in [2.24, 2.45) is 11.8 Å². The van der Waals surface area contributed by atoms with Gasteiger partial charge in [0.05, 0.1) is 45.2 Å². The molecule has 2 aromatic rings. The zero-order valence-corrected chi connectivity index (χ0v) is 24.0. The first-order valence-electron chi connectivity index (χ1n) is 12.3. The van der Waals surface area contributed by atoms with E-state index in [4.69, 9.17) is 5.73 Å². The SMILES string of the molecule is CC#CC(c1ccc(N)cc1)C(C(=O)OC)C(=O)OC.CC#CC(c1ccc([N+](=O)[O-])cc1)C(C(=O)OC)C(=O)OC. The number of rotatable bonds is 9. The Kier molecular flexibility index (Phi) is 14.3. The number of methoxy groups -OCH3 is 4. The van der Waals surface area contributed by atoms with Crippen LogP contribution < -0.4 is 5.73 Å². The van der Waals surface area contributed by atoms with Crippen molar-refractivity contribution in [1.82, 2.24) is 0 Å². The fourth-order valence-corrected chi connectivity index (χ4v) is 3.78. The van der Waals surface area contributed by atoms with Crippen LogP contribution in [-0.4, -0.2) is 57.2 Å². The van der Waals surface area contributed by atoms with E-state index in [1.54, 1.807) is 38.1 Å². The van der Waals surface area contributed by atoms with Crippen LogP contribution in [-0.2, 0) is 38.1 Å². The summed E-state index contributed by atoms with van der Waals surface area (Å²) in [4.78, 5) is 57.6. The molecule has 0 spiro atoms. The number of nitrogens with zero attached hydrogens (tertiary/aromatic N) is 1. The number of nitro benzene ring substituents is 1. The van der Waals surface area contributed by atoms with E-state index in [9.17, 15) is 29.3 Å². The van der Waals surface area contributed by atoms with Crippen LogP contribution in [0.15, 0.2) is 48.5 Å². The molecule has 0 heterocycles. The van der Waals surface area contributed by atoms with Crippen molar-refractivity contribution in [3.8, 4) is 23.7 Å². The quantitative estimate of drug-likeness (QED) is 0.0878. The Hall–Kier alpha value is -5.36. The average molecular weight is 581 g/mol. The number of nitrogen functional groups attached to an aromatic ring is 1. The van der Waals surface area contributed by atoms with Crippen LogP contribution in [0.5, 0.6) is 0 Å². The lowest BCUT2D eigenvalue weighted by Crippen LogP contribution is -2.31. The summed E-state index contributed by atoms with van der Waals surface area (Å²) in [6.07, 6.45) is 0. The van der Waals surface area contributed by atoms with Gasteiger partial charge in [0.2, 0.25) is 0 Å². The Bertz CT molecular complexity index is 1350. The normalized spacial score (nSPS) is 11.1. The summed E-state index contributed by atoms with van der Waals surface area (Å²) < 4.78 is 18.6. The van der Waals surface area contributed by atoms with Gasteiger partial charge in [-0.2, -0.15) is 0 Å². The molecule has 42 heavy (non-hydrogen) atoms. The molecule has 12 heteroatoms. The Labute approximate surface area is 243 Å². The summed E-state index contributed by atoms with van der Waals surface area (Å²) in [6, 6.07) is 12.3. The summed E-state index contributed by atoms with van der Waals surface area (Å²) in [5, 5.41) is 10.7. The van der Waals surface area contributed by atoms with E-state index in [0.29, 0.717) is 16.8 Å². The zero-order chi connectivity index (χ0) is 31.8. The summed E-state index contributed by atoms with van der Waals surface area (Å²) in [6.45, 7) is 3.19. The third-order valence-electron chi connectivity index (χ3n) is 5.85. The van der Waals surface area contributed by atoms with E-state index in [1.807, 2.05) is 0 Å². The Morgan fingerprint density at radius 1 is 0.667 bits per heavy atom. The zero-order valence-electron chi connectivity index (χ0n) is 24.0. The molecule has 0 aliphatic carbocycles. The van der Waals surface area contributed by atoms with E-state index in [0.717, 1.165) is 14.2 Å². The van der Waals surface area contributed by atoms with Gasteiger partial charge in [0.25, 0.3) is 5.69 Å². The van der Waals surface area contributed by atoms with Crippen molar-refractivity contribution in [1.29, 1.82) is 0 Å². The smallest absolute Gasteiger partial charge is 0.321 e. The number of hydrogen-bond donors (Lipinski definition) is 1. The number of non-ortho nitro benzene ring substituents is 1. The number of anilines is 1. The highest BCUT2D eigenvalue weighted by atomic mass is 16.6. The van der Waals surface area contributed by atoms with Crippen molar-refractivity contribution < 1.29 is 43.0 Å². The van der Waals surface area contributed by atoms with Gasteiger partial charge >= 0.3 is 23.9 Å². The monoisotopic (exact) mass is 580 g/mol. The second-order valence-electron chi connectivity index (χ2n) is 8.31. The molecule has 0 saturated heterocycles. The van der Waals surface area contributed by atoms with Gasteiger partial charge in [-0.05, 0) is 37.1 Å². The van der Waals surface area contributed by atoms with Gasteiger partial charge in [0, 0.05) is 17.8 Å². The van der Waals surface area contributed by atoms with Crippen LogP contribution in [0, 0.1) is 45.6 Å². The molecule has 0 fully saturated rings. The predicted octanol–water partition coefficient (Wildman–Crippen LogP) is 3.00. The standard InChI is InChI=1S/C15H15NO6.C15H17NO4/c1-4-5-12(13(14(17)21-2)15(18)22-3)10-6-8-11(9-7-10)16(19)20;1-4-5-12(10-6-8-11(16)9-7-10)13(14(17)19-2)15(18)20-3/h6-9,12-13H,1-3H3;6-9,12-13H,16H2,1-3H3. The van der Waals surface area contributed by atoms with E-state index >= 15 is 0 Å². The lowest BCUT2D eigenvalue weighted by Gasteiger charge is -2.19. The maximum Gasteiger partial charge on any atom is 0.321 e. The molecule has 2 aromatic carbocycles. The first kappa shape index (κ1) is 34.7. The molecular formula is C30H32N2O10. The number of carbonyl (C=O) groups excluding carboxylic acids is 4. The number of hydrogen-bond acceptors (Lipinski definition) is 11. The minimum atomic E-state index is -1.26. The predicted molar refractivity (Wildman–Crippen MR) is 151 cm³/mol. The van der Waals surface area contributed by atoms with Gasteiger partial charge in [-0.15, -0.1) is 11.8 Å². The minimum absolute atomic E-state index is 0.0976. The maximum absolute atomic E-state index is 11.9. The van der Waals surface area contributed by atoms with E-state index in [1.165, 1.54) is 38.5 Å². The van der Waals surface area contributed by atoms with Crippen LogP contribution in [0.2, 0.25) is 0 Å². The number of esters is 4. The number of benzene rings is 2. The summed E-state index contributed by atoms with van der Waals surface area (Å²) >= 11 is 0. The number of carbonyl (C=O) groups is 4. The van der Waals surface area contributed by atoms with Gasteiger partial charge in [-0.3, -0.25) is 29.3 Å². The Morgan fingerprint density at radius 2 is 0.976 bits per heavy atom. The van der Waals surface area contributed by atoms with Gasteiger partial charge < -0.3 is 24.7 Å². The number of nitrogens with two attached hydrogens (primary N) is 1. The topological polar surface area (TPSA) is 174 Å². The van der Waals surface area contributed by atoms with E-state index in [2.05, 4.69) is 42.6 Å². The van der Waals surface area contributed by atoms with Crippen LogP contribution >= 0.6 is 0 Å². The average Bonchev–Trinajstić information content (AvgIpc) is 3.00. The molecular weight excluding hydrogens is 548 g/mol. The largest absolute Gasteiger partial charge is 0.468 e. The third-order valence-corrected chi connectivity index (χ3v) is 5.85. The maximum atomic E-state index is 11.9. The molecule has 222 valence electrons. The molecule has 0 saturated carbocycles. The molecule has 0 amide bonds. The molecule has 0 aliphatic heterocycles. The fourth-order valence-electron chi connectivity index (χ4n) is 3.78. The highest BCUT2D eigenvalue weighted by Crippen LogP contribution is 2.29. The summed E-state index contributed by atoms with van der Waals surface area (Å²) in [5.41, 5.74) is 7.31. The molecule has 0 aromatic heterocycles. The fraction of sp³-hybridized carbons (Fsp3) is 0.333. The van der Waals surface area contributed by atoms with E-state index in [-0.39, 0.29) is 5.69 Å². The van der Waals surface area contributed by atoms with Crippen molar-refractivity contribution in [2.75, 3.05) is 34.2 Å². The van der Waals surface area contributed by atoms with Gasteiger partial charge in [0.1, 0.15) is 0 Å². The van der Waals surface area contributed by atoms with Gasteiger partial charge in [-0.1, -0.05) is 36.1 Å². The molecule has 0 aliphatic rings. The second-order valence-corrected chi connectivity index (χ2v) is 8.31. The van der Waals surface area contributed by atoms with Crippen LogP contribution in [0.1, 0.15) is 36.8 Å². The van der Waals surface area contributed by atoms with Crippen molar-refractivity contribution in [3.05, 3.63) is 69.8 Å². The summed E-state index contributed by atoms with van der Waals surface area (Å²) in [7, 11) is 4.75. The lowest BCUT2D eigenvalue weighted by molar-refractivity contribution is -0.384.